The normalized spacial score (nSPS) is 24.6. The number of carbonyl (C=O) groups is 3. The Morgan fingerprint density at radius 2 is 1.97 bits per heavy atom. The number of methoxy groups -OCH3 is 1. The van der Waals surface area contributed by atoms with E-state index in [-0.39, 0.29) is 36.5 Å². The van der Waals surface area contributed by atoms with E-state index in [1.165, 1.54) is 26.3 Å². The highest BCUT2D eigenvalue weighted by atomic mass is 19.3. The lowest BCUT2D eigenvalue weighted by Crippen LogP contribution is -2.47. The Labute approximate surface area is 219 Å². The summed E-state index contributed by atoms with van der Waals surface area (Å²) < 4.78 is 59.5. The molecule has 4 unspecified atom stereocenters. The fourth-order valence-electron chi connectivity index (χ4n) is 4.51. The molecule has 1 N–H and O–H groups in total. The van der Waals surface area contributed by atoms with Crippen molar-refractivity contribution < 1.29 is 51.6 Å². The first-order valence-electron chi connectivity index (χ1n) is 12.5. The number of aromatic nitrogens is 1. The van der Waals surface area contributed by atoms with Crippen molar-refractivity contribution in [1.29, 1.82) is 0 Å². The predicted molar refractivity (Wildman–Crippen MR) is 127 cm³/mol. The van der Waals surface area contributed by atoms with Gasteiger partial charge in [0.2, 0.25) is 13.2 Å². The van der Waals surface area contributed by atoms with Crippen LogP contribution in [-0.2, 0) is 28.5 Å². The molecule has 1 aromatic heterocycles. The first-order valence-corrected chi connectivity index (χ1v) is 12.5. The second kappa shape index (κ2) is 14.2. The van der Waals surface area contributed by atoms with Gasteiger partial charge in [-0.1, -0.05) is 12.8 Å². The molecule has 1 aromatic rings. The average molecular weight is 545 g/mol. The highest BCUT2D eigenvalue weighted by Crippen LogP contribution is 2.31. The van der Waals surface area contributed by atoms with Crippen LogP contribution < -0.4 is 14.8 Å². The zero-order valence-corrected chi connectivity index (χ0v) is 21.7. The molecule has 38 heavy (non-hydrogen) atoms. The molecule has 0 spiro atoms. The van der Waals surface area contributed by atoms with E-state index in [2.05, 4.69) is 10.3 Å². The van der Waals surface area contributed by atoms with Gasteiger partial charge in [-0.2, -0.15) is 0 Å². The van der Waals surface area contributed by atoms with Gasteiger partial charge in [-0.25, -0.2) is 18.6 Å². The maximum atomic E-state index is 13.4. The molecule has 1 saturated heterocycles. The van der Waals surface area contributed by atoms with Crippen LogP contribution in [0.3, 0.4) is 0 Å². The number of pyridine rings is 1. The molecule has 3 rings (SSSR count). The van der Waals surface area contributed by atoms with Crippen LogP contribution in [0.25, 0.3) is 0 Å². The number of cyclic esters (lactones) is 1. The number of hydrogen-bond acceptors (Lipinski definition) is 10. The molecule has 1 amide bonds. The fourth-order valence-corrected chi connectivity index (χ4v) is 4.51. The SMILES string of the molecule is COc1ccnc(C(=O)NC2COCC(CC(F)F)C(OC3CCCC3)C(C)OC2=O)c1OCOC(C)=O. The number of amides is 1. The number of carbonyl (C=O) groups excluding carboxylic acids is 3. The summed E-state index contributed by atoms with van der Waals surface area (Å²) in [5.74, 6) is -2.91. The van der Waals surface area contributed by atoms with Crippen molar-refractivity contribution in [3.8, 4) is 11.5 Å². The summed E-state index contributed by atoms with van der Waals surface area (Å²) in [6.45, 7) is 1.85. The fraction of sp³-hybridized carbons (Fsp3) is 0.680. The van der Waals surface area contributed by atoms with Crippen molar-refractivity contribution in [3.05, 3.63) is 18.0 Å². The second-order valence-corrected chi connectivity index (χ2v) is 9.19. The number of halogens is 2. The first-order chi connectivity index (χ1) is 18.2. The molecule has 0 radical (unpaired) electrons. The molecule has 13 heteroatoms. The summed E-state index contributed by atoms with van der Waals surface area (Å²) in [5, 5.41) is 2.50. The molecule has 2 fully saturated rings. The molecular formula is C25H34F2N2O9. The lowest BCUT2D eigenvalue weighted by molar-refractivity contribution is -0.165. The van der Waals surface area contributed by atoms with Gasteiger partial charge < -0.3 is 33.7 Å². The number of esters is 2. The molecule has 1 aliphatic carbocycles. The van der Waals surface area contributed by atoms with Gasteiger partial charge in [0.25, 0.3) is 5.91 Å². The van der Waals surface area contributed by atoms with Crippen LogP contribution >= 0.6 is 0 Å². The quantitative estimate of drug-likeness (QED) is 0.346. The smallest absolute Gasteiger partial charge is 0.331 e. The van der Waals surface area contributed by atoms with Gasteiger partial charge in [-0.15, -0.1) is 0 Å². The summed E-state index contributed by atoms with van der Waals surface area (Å²) in [7, 11) is 1.35. The van der Waals surface area contributed by atoms with Gasteiger partial charge in [-0.3, -0.25) is 9.59 Å². The Bertz CT molecular complexity index is 959. The highest BCUT2D eigenvalue weighted by molar-refractivity contribution is 5.98. The maximum Gasteiger partial charge on any atom is 0.331 e. The number of nitrogens with one attached hydrogen (secondary N) is 1. The van der Waals surface area contributed by atoms with E-state index < -0.39 is 61.7 Å². The van der Waals surface area contributed by atoms with E-state index in [1.807, 2.05) is 0 Å². The Morgan fingerprint density at radius 1 is 1.24 bits per heavy atom. The van der Waals surface area contributed by atoms with Crippen LogP contribution in [0.4, 0.5) is 8.78 Å². The number of nitrogens with zero attached hydrogens (tertiary/aromatic N) is 1. The molecule has 11 nitrogen and oxygen atoms in total. The van der Waals surface area contributed by atoms with Crippen LogP contribution in [0.5, 0.6) is 11.5 Å². The topological polar surface area (TPSA) is 132 Å². The molecule has 212 valence electrons. The molecular weight excluding hydrogens is 510 g/mol. The molecule has 0 aromatic carbocycles. The minimum absolute atomic E-state index is 0.0953. The van der Waals surface area contributed by atoms with Crippen molar-refractivity contribution in [1.82, 2.24) is 10.3 Å². The zero-order valence-electron chi connectivity index (χ0n) is 21.7. The Morgan fingerprint density at radius 3 is 2.63 bits per heavy atom. The van der Waals surface area contributed by atoms with Crippen LogP contribution in [-0.4, -0.2) is 80.7 Å². The monoisotopic (exact) mass is 544 g/mol. The van der Waals surface area contributed by atoms with Gasteiger partial charge in [0.15, 0.2) is 23.2 Å². The minimum atomic E-state index is -2.60. The third-order valence-electron chi connectivity index (χ3n) is 6.34. The summed E-state index contributed by atoms with van der Waals surface area (Å²) in [6, 6.07) is 0.170. The molecule has 1 aliphatic heterocycles. The second-order valence-electron chi connectivity index (χ2n) is 9.19. The Kier molecular flexibility index (Phi) is 11.0. The number of ether oxygens (including phenoxy) is 6. The molecule has 1 saturated carbocycles. The van der Waals surface area contributed by atoms with Crippen molar-refractivity contribution in [2.75, 3.05) is 27.1 Å². The molecule has 4 atom stereocenters. The number of hydrogen-bond donors (Lipinski definition) is 1. The van der Waals surface area contributed by atoms with Crippen LogP contribution in [0, 0.1) is 5.92 Å². The van der Waals surface area contributed by atoms with Gasteiger partial charge in [0.05, 0.1) is 32.5 Å². The third kappa shape index (κ3) is 8.22. The van der Waals surface area contributed by atoms with E-state index in [0.29, 0.717) is 0 Å². The van der Waals surface area contributed by atoms with E-state index in [1.54, 1.807) is 6.92 Å². The summed E-state index contributed by atoms with van der Waals surface area (Å²) in [5.41, 5.74) is -0.241. The molecule has 2 heterocycles. The van der Waals surface area contributed by atoms with E-state index in [0.717, 1.165) is 25.7 Å². The van der Waals surface area contributed by atoms with Crippen molar-refractivity contribution in [3.63, 3.8) is 0 Å². The highest BCUT2D eigenvalue weighted by Gasteiger charge is 2.38. The summed E-state index contributed by atoms with van der Waals surface area (Å²) >= 11 is 0. The van der Waals surface area contributed by atoms with Crippen molar-refractivity contribution >= 4 is 17.8 Å². The van der Waals surface area contributed by atoms with E-state index in [4.69, 9.17) is 28.4 Å². The van der Waals surface area contributed by atoms with Gasteiger partial charge in [-0.05, 0) is 19.8 Å². The maximum absolute atomic E-state index is 13.4. The first kappa shape index (κ1) is 29.5. The van der Waals surface area contributed by atoms with Gasteiger partial charge in [0.1, 0.15) is 6.10 Å². The van der Waals surface area contributed by atoms with Crippen molar-refractivity contribution in [2.45, 2.75) is 76.7 Å². The van der Waals surface area contributed by atoms with Gasteiger partial charge in [0, 0.05) is 31.5 Å². The Hall–Kier alpha value is -3.06. The minimum Gasteiger partial charge on any atom is -0.493 e. The standard InChI is InChI=1S/C25H34F2N2O9/c1-14-22(38-17-6-4-5-7-17)16(10-20(26)27)11-34-12-18(25(32)37-14)29-24(31)21-23(36-13-35-15(2)30)19(33-3)8-9-28-21/h8-9,14,16-18,20,22H,4-7,10-13H2,1-3H3,(H,29,31). The third-order valence-corrected chi connectivity index (χ3v) is 6.34. The summed E-state index contributed by atoms with van der Waals surface area (Å²) in [6.07, 6.45) is 0.0862. The van der Waals surface area contributed by atoms with E-state index in [9.17, 15) is 23.2 Å². The number of rotatable bonds is 10. The van der Waals surface area contributed by atoms with Crippen LogP contribution in [0.1, 0.15) is 56.4 Å². The van der Waals surface area contributed by atoms with Gasteiger partial charge >= 0.3 is 11.9 Å². The lowest BCUT2D eigenvalue weighted by Gasteiger charge is -2.32. The largest absolute Gasteiger partial charge is 0.493 e. The lowest BCUT2D eigenvalue weighted by atomic mass is 9.95. The average Bonchev–Trinajstić information content (AvgIpc) is 3.39. The molecule has 2 aliphatic rings. The zero-order chi connectivity index (χ0) is 27.7. The predicted octanol–water partition coefficient (Wildman–Crippen LogP) is 2.65. The summed E-state index contributed by atoms with van der Waals surface area (Å²) in [4.78, 5) is 41.2. The molecule has 0 bridgehead atoms. The Balaban J connectivity index is 1.76. The van der Waals surface area contributed by atoms with E-state index >= 15 is 0 Å². The number of alkyl halides is 2. The van der Waals surface area contributed by atoms with Crippen molar-refractivity contribution in [2.24, 2.45) is 5.92 Å². The van der Waals surface area contributed by atoms with Crippen LogP contribution in [0.15, 0.2) is 12.3 Å². The van der Waals surface area contributed by atoms with Crippen LogP contribution in [0.2, 0.25) is 0 Å².